The molecule has 2 rings (SSSR count). The third kappa shape index (κ3) is 5.05. The van der Waals surface area contributed by atoms with Crippen LogP contribution in [0.3, 0.4) is 0 Å². The number of carbonyl (C=O) groups excluding carboxylic acids is 1. The molecule has 0 atom stereocenters. The fourth-order valence-electron chi connectivity index (χ4n) is 3.46. The maximum atomic E-state index is 13.3. The average Bonchev–Trinajstić information content (AvgIpc) is 2.76. The number of anilines is 2. The van der Waals surface area contributed by atoms with Gasteiger partial charge in [-0.25, -0.2) is 0 Å². The summed E-state index contributed by atoms with van der Waals surface area (Å²) in [7, 11) is 9.97. The third-order valence-corrected chi connectivity index (χ3v) is 4.93. The first-order valence-corrected chi connectivity index (χ1v) is 10.0. The second-order valence-electron chi connectivity index (χ2n) is 7.18. The topological polar surface area (TPSA) is 83.2 Å². The first-order valence-electron chi connectivity index (χ1n) is 10.0. The molecule has 0 saturated heterocycles. The molecule has 0 fully saturated rings. The summed E-state index contributed by atoms with van der Waals surface area (Å²) in [4.78, 5) is 15.2. The molecule has 0 aromatic heterocycles. The summed E-state index contributed by atoms with van der Waals surface area (Å²) >= 11 is 0. The molecule has 0 radical (unpaired) electrons. The molecule has 0 heterocycles. The summed E-state index contributed by atoms with van der Waals surface area (Å²) in [6.45, 7) is 2.02. The van der Waals surface area contributed by atoms with Crippen LogP contribution < -0.4 is 29.6 Å². The van der Waals surface area contributed by atoms with Gasteiger partial charge in [0.05, 0.1) is 39.8 Å². The van der Waals surface area contributed by atoms with Crippen LogP contribution in [0.2, 0.25) is 0 Å². The second-order valence-corrected chi connectivity index (χ2v) is 7.18. The Hall–Kier alpha value is -3.35. The van der Waals surface area contributed by atoms with E-state index in [0.717, 1.165) is 12.1 Å². The molecule has 0 aliphatic rings. The number of hydrogen-bond acceptors (Lipinski definition) is 7. The van der Waals surface area contributed by atoms with Gasteiger partial charge in [0.1, 0.15) is 0 Å². The van der Waals surface area contributed by atoms with Gasteiger partial charge in [0.15, 0.2) is 17.3 Å². The lowest BCUT2D eigenvalue weighted by Crippen LogP contribution is -2.12. The van der Waals surface area contributed by atoms with Crippen LogP contribution >= 0.6 is 0 Å². The molecule has 168 valence electrons. The molecule has 0 aliphatic heterocycles. The molecular weight excluding hydrogens is 396 g/mol. The first kappa shape index (κ1) is 23.9. The van der Waals surface area contributed by atoms with Crippen LogP contribution in [0.4, 0.5) is 11.4 Å². The minimum atomic E-state index is -0.0883. The van der Waals surface area contributed by atoms with E-state index in [4.69, 9.17) is 24.7 Å². The number of nitrogens with two attached hydrogens (primary N) is 1. The summed E-state index contributed by atoms with van der Waals surface area (Å²) < 4.78 is 22.0. The quantitative estimate of drug-likeness (QED) is 0.340. The Balaban J connectivity index is 2.62. The van der Waals surface area contributed by atoms with Gasteiger partial charge in [-0.1, -0.05) is 13.3 Å². The van der Waals surface area contributed by atoms with Crippen molar-refractivity contribution in [2.24, 2.45) is 0 Å². The zero-order chi connectivity index (χ0) is 23.1. The number of nitrogen functional groups attached to an aromatic ring is 1. The standard InChI is InChI=1S/C24H32N2O5/c1-8-9-15(21(27)16-10-11-19(26(2)3)18(25)13-16)12-17-14-20(28-4)23(30-6)24(31-7)22(17)29-5/h10-14H,8-9,25H2,1-7H3. The molecular formula is C24H32N2O5. The fourth-order valence-corrected chi connectivity index (χ4v) is 3.46. The van der Waals surface area contributed by atoms with E-state index in [-0.39, 0.29) is 5.78 Å². The minimum absolute atomic E-state index is 0.0883. The average molecular weight is 429 g/mol. The van der Waals surface area contributed by atoms with Crippen LogP contribution in [0.25, 0.3) is 6.08 Å². The van der Waals surface area contributed by atoms with Crippen molar-refractivity contribution in [1.29, 1.82) is 0 Å². The Labute approximate surface area is 184 Å². The van der Waals surface area contributed by atoms with Gasteiger partial charge in [-0.3, -0.25) is 4.79 Å². The van der Waals surface area contributed by atoms with Crippen LogP contribution in [-0.4, -0.2) is 48.3 Å². The maximum Gasteiger partial charge on any atom is 0.207 e. The second kappa shape index (κ2) is 10.6. The number of benzene rings is 2. The molecule has 31 heavy (non-hydrogen) atoms. The van der Waals surface area contributed by atoms with Crippen molar-refractivity contribution in [3.63, 3.8) is 0 Å². The van der Waals surface area contributed by atoms with Gasteiger partial charge in [0.2, 0.25) is 11.5 Å². The molecule has 0 amide bonds. The maximum absolute atomic E-state index is 13.3. The zero-order valence-electron chi connectivity index (χ0n) is 19.4. The number of carbonyl (C=O) groups is 1. The van der Waals surface area contributed by atoms with Crippen LogP contribution in [0.15, 0.2) is 29.8 Å². The number of allylic oxidation sites excluding steroid dienone is 1. The normalized spacial score (nSPS) is 11.1. The largest absolute Gasteiger partial charge is 0.493 e. The molecule has 0 aliphatic carbocycles. The number of ketones is 1. The van der Waals surface area contributed by atoms with Gasteiger partial charge in [-0.2, -0.15) is 0 Å². The molecule has 2 aromatic carbocycles. The molecule has 2 aromatic rings. The summed E-state index contributed by atoms with van der Waals surface area (Å²) in [6, 6.07) is 7.14. The Kier molecular flexibility index (Phi) is 8.19. The SMILES string of the molecule is CCCC(=Cc1cc(OC)c(OC)c(OC)c1OC)C(=O)c1ccc(N(C)C)c(N)c1. The molecule has 0 unspecified atom stereocenters. The first-order chi connectivity index (χ1) is 14.8. The zero-order valence-corrected chi connectivity index (χ0v) is 19.4. The Morgan fingerprint density at radius 1 is 0.968 bits per heavy atom. The van der Waals surface area contributed by atoms with Crippen molar-refractivity contribution >= 4 is 23.2 Å². The fraction of sp³-hybridized carbons (Fsp3) is 0.375. The van der Waals surface area contributed by atoms with Crippen molar-refractivity contribution in [3.05, 3.63) is 41.0 Å². The number of hydrogen-bond donors (Lipinski definition) is 1. The molecule has 7 heteroatoms. The van der Waals surface area contributed by atoms with Crippen LogP contribution in [-0.2, 0) is 0 Å². The van der Waals surface area contributed by atoms with E-state index in [2.05, 4.69) is 0 Å². The van der Waals surface area contributed by atoms with Crippen molar-refractivity contribution in [2.45, 2.75) is 19.8 Å². The monoisotopic (exact) mass is 428 g/mol. The van der Waals surface area contributed by atoms with Crippen LogP contribution in [0.5, 0.6) is 23.0 Å². The lowest BCUT2D eigenvalue weighted by Gasteiger charge is -2.18. The molecule has 0 saturated carbocycles. The van der Waals surface area contributed by atoms with E-state index in [1.807, 2.05) is 38.1 Å². The van der Waals surface area contributed by atoms with Gasteiger partial charge in [-0.05, 0) is 36.8 Å². The van der Waals surface area contributed by atoms with Gasteiger partial charge >= 0.3 is 0 Å². The smallest absolute Gasteiger partial charge is 0.207 e. The van der Waals surface area contributed by atoms with Crippen molar-refractivity contribution < 1.29 is 23.7 Å². The Bertz CT molecular complexity index is 967. The molecule has 0 spiro atoms. The van der Waals surface area contributed by atoms with Crippen molar-refractivity contribution in [3.8, 4) is 23.0 Å². The van der Waals surface area contributed by atoms with E-state index in [1.165, 1.54) is 14.2 Å². The highest BCUT2D eigenvalue weighted by Gasteiger charge is 2.22. The number of rotatable bonds is 10. The lowest BCUT2D eigenvalue weighted by atomic mass is 9.96. The van der Waals surface area contributed by atoms with Gasteiger partial charge in [-0.15, -0.1) is 0 Å². The summed E-state index contributed by atoms with van der Waals surface area (Å²) in [5.41, 5.74) is 9.40. The molecule has 0 bridgehead atoms. The highest BCUT2D eigenvalue weighted by atomic mass is 16.5. The predicted molar refractivity (Wildman–Crippen MR) is 125 cm³/mol. The third-order valence-electron chi connectivity index (χ3n) is 4.93. The predicted octanol–water partition coefficient (Wildman–Crippen LogP) is 4.44. The van der Waals surface area contributed by atoms with E-state index in [1.54, 1.807) is 32.4 Å². The van der Waals surface area contributed by atoms with Crippen LogP contribution in [0, 0.1) is 0 Å². The molecule has 2 N–H and O–H groups in total. The summed E-state index contributed by atoms with van der Waals surface area (Å²) in [5.74, 6) is 1.68. The number of Topliss-reactive ketones (excluding diaryl/α,β-unsaturated/α-hetero) is 1. The van der Waals surface area contributed by atoms with E-state index in [0.29, 0.717) is 51.8 Å². The Morgan fingerprint density at radius 2 is 1.61 bits per heavy atom. The number of nitrogens with zero attached hydrogens (tertiary/aromatic N) is 1. The van der Waals surface area contributed by atoms with Crippen LogP contribution in [0.1, 0.15) is 35.7 Å². The lowest BCUT2D eigenvalue weighted by molar-refractivity contribution is 0.103. The highest BCUT2D eigenvalue weighted by molar-refractivity contribution is 6.12. The molecule has 7 nitrogen and oxygen atoms in total. The van der Waals surface area contributed by atoms with Crippen molar-refractivity contribution in [2.75, 3.05) is 53.2 Å². The number of ether oxygens (including phenoxy) is 4. The highest BCUT2D eigenvalue weighted by Crippen LogP contribution is 2.47. The van der Waals surface area contributed by atoms with E-state index in [9.17, 15) is 4.79 Å². The van der Waals surface area contributed by atoms with Crippen molar-refractivity contribution in [1.82, 2.24) is 0 Å². The Morgan fingerprint density at radius 3 is 2.10 bits per heavy atom. The van der Waals surface area contributed by atoms with Gasteiger partial charge in [0, 0.05) is 30.8 Å². The number of methoxy groups -OCH3 is 4. The van der Waals surface area contributed by atoms with Gasteiger partial charge < -0.3 is 29.6 Å². The summed E-state index contributed by atoms with van der Waals surface area (Å²) in [5, 5.41) is 0. The van der Waals surface area contributed by atoms with E-state index < -0.39 is 0 Å². The van der Waals surface area contributed by atoms with E-state index >= 15 is 0 Å². The van der Waals surface area contributed by atoms with Gasteiger partial charge in [0.25, 0.3) is 0 Å². The summed E-state index contributed by atoms with van der Waals surface area (Å²) in [6.07, 6.45) is 3.20. The minimum Gasteiger partial charge on any atom is -0.493 e.